The summed E-state index contributed by atoms with van der Waals surface area (Å²) in [5.41, 5.74) is 1.18. The van der Waals surface area contributed by atoms with Crippen LogP contribution in [0, 0.1) is 17.8 Å². The average Bonchev–Trinajstić information content (AvgIpc) is 3.88. The maximum Gasteiger partial charge on any atom is 0.308 e. The molecule has 0 spiro atoms. The molecule has 286 valence electrons. The van der Waals surface area contributed by atoms with Crippen LogP contribution in [0.4, 0.5) is 0 Å². The molecule has 1 aliphatic carbocycles. The number of methoxy groups -OCH3 is 1. The number of nitrogens with zero attached hydrogens (tertiary/aromatic N) is 3. The molecule has 0 radical (unpaired) electrons. The lowest BCUT2D eigenvalue weighted by Crippen LogP contribution is -2.56. The predicted octanol–water partition coefficient (Wildman–Crippen LogP) is 4.93. The Labute approximate surface area is 312 Å². The molecule has 2 N–H and O–H groups in total. The van der Waals surface area contributed by atoms with Gasteiger partial charge in [-0.2, -0.15) is 0 Å². The highest BCUT2D eigenvalue weighted by Crippen LogP contribution is 2.36. The number of hydrogen-bond acceptors (Lipinski definition) is 10. The summed E-state index contributed by atoms with van der Waals surface area (Å²) in [5, 5.41) is 8.25. The van der Waals surface area contributed by atoms with E-state index in [1.165, 1.54) is 25.4 Å². The number of esters is 2. The van der Waals surface area contributed by atoms with Crippen molar-refractivity contribution >= 4 is 41.0 Å². The molecule has 1 saturated heterocycles. The Bertz CT molecular complexity index is 1510. The number of benzene rings is 1. The zero-order valence-electron chi connectivity index (χ0n) is 31.8. The van der Waals surface area contributed by atoms with Gasteiger partial charge in [0.15, 0.2) is 6.10 Å². The molecule has 52 heavy (non-hydrogen) atoms. The largest absolute Gasteiger partial charge is 0.469 e. The van der Waals surface area contributed by atoms with Crippen molar-refractivity contribution < 1.29 is 33.4 Å². The van der Waals surface area contributed by atoms with E-state index in [1.807, 2.05) is 51.2 Å². The summed E-state index contributed by atoms with van der Waals surface area (Å²) < 4.78 is 10.7. The summed E-state index contributed by atoms with van der Waals surface area (Å²) in [5.74, 6) is -1.87. The van der Waals surface area contributed by atoms with E-state index >= 15 is 0 Å². The van der Waals surface area contributed by atoms with Crippen LogP contribution >= 0.6 is 11.3 Å². The van der Waals surface area contributed by atoms with Crippen LogP contribution in [0.5, 0.6) is 0 Å². The molecule has 12 nitrogen and oxygen atoms in total. The normalized spacial score (nSPS) is 19.3. The molecule has 1 aromatic carbocycles. The summed E-state index contributed by atoms with van der Waals surface area (Å²) >= 11 is 1.21. The van der Waals surface area contributed by atoms with Crippen LogP contribution in [-0.4, -0.2) is 96.4 Å². The van der Waals surface area contributed by atoms with Crippen LogP contribution < -0.4 is 10.6 Å². The Morgan fingerprint density at radius 2 is 1.71 bits per heavy atom. The maximum absolute atomic E-state index is 14.1. The molecule has 2 fully saturated rings. The molecule has 1 aliphatic heterocycles. The van der Waals surface area contributed by atoms with Crippen LogP contribution in [-0.2, 0) is 35.1 Å². The summed E-state index contributed by atoms with van der Waals surface area (Å²) in [4.78, 5) is 74.2. The number of likely N-dealkylation sites (N-methyl/N-ethyl adjacent to an activating group) is 2. The fourth-order valence-corrected chi connectivity index (χ4v) is 7.98. The number of amides is 3. The predicted molar refractivity (Wildman–Crippen MR) is 199 cm³/mol. The van der Waals surface area contributed by atoms with Gasteiger partial charge in [0.1, 0.15) is 16.7 Å². The van der Waals surface area contributed by atoms with Gasteiger partial charge >= 0.3 is 11.9 Å². The van der Waals surface area contributed by atoms with E-state index < -0.39 is 29.9 Å². The number of carbonyl (C=O) groups excluding carboxylic acids is 5. The highest BCUT2D eigenvalue weighted by atomic mass is 32.1. The minimum absolute atomic E-state index is 0.0196. The Morgan fingerprint density at radius 3 is 2.35 bits per heavy atom. The van der Waals surface area contributed by atoms with Gasteiger partial charge in [0.05, 0.1) is 19.1 Å². The number of aromatic nitrogens is 1. The summed E-state index contributed by atoms with van der Waals surface area (Å²) in [6.07, 6.45) is 6.01. The van der Waals surface area contributed by atoms with Gasteiger partial charge in [-0.1, -0.05) is 63.9 Å². The molecule has 0 bridgehead atoms. The van der Waals surface area contributed by atoms with Gasteiger partial charge in [-0.05, 0) is 69.5 Å². The summed E-state index contributed by atoms with van der Waals surface area (Å²) in [6, 6.07) is 8.11. The minimum Gasteiger partial charge on any atom is -0.469 e. The number of rotatable bonds is 17. The van der Waals surface area contributed by atoms with Crippen LogP contribution in [0.3, 0.4) is 0 Å². The highest BCUT2D eigenvalue weighted by Gasteiger charge is 2.42. The number of thiazole rings is 1. The van der Waals surface area contributed by atoms with Gasteiger partial charge in [0.25, 0.3) is 5.91 Å². The Hall–Kier alpha value is -3.84. The number of carbonyl (C=O) groups is 5. The van der Waals surface area contributed by atoms with Gasteiger partial charge in [-0.25, -0.2) is 4.98 Å². The molecular weight excluding hydrogens is 683 g/mol. The third kappa shape index (κ3) is 11.6. The van der Waals surface area contributed by atoms with Crippen LogP contribution in [0.15, 0.2) is 35.7 Å². The van der Waals surface area contributed by atoms with E-state index in [4.69, 9.17) is 9.47 Å². The molecule has 2 aromatic rings. The minimum atomic E-state index is -0.806. The smallest absolute Gasteiger partial charge is 0.308 e. The first-order valence-corrected chi connectivity index (χ1v) is 19.5. The number of nitrogens with one attached hydrogen (secondary N) is 2. The van der Waals surface area contributed by atoms with E-state index in [0.717, 1.165) is 50.6 Å². The number of ether oxygens (including phenoxy) is 2. The van der Waals surface area contributed by atoms with E-state index in [0.29, 0.717) is 17.8 Å². The maximum atomic E-state index is 14.1. The van der Waals surface area contributed by atoms with Gasteiger partial charge in [-0.15, -0.1) is 11.3 Å². The Kier molecular flexibility index (Phi) is 15.2. The van der Waals surface area contributed by atoms with Crippen molar-refractivity contribution in [1.82, 2.24) is 25.4 Å². The quantitative estimate of drug-likeness (QED) is 0.216. The van der Waals surface area contributed by atoms with Crippen molar-refractivity contribution in [3.8, 4) is 0 Å². The van der Waals surface area contributed by atoms with E-state index in [1.54, 1.807) is 24.3 Å². The zero-order valence-corrected chi connectivity index (χ0v) is 32.6. The van der Waals surface area contributed by atoms with Crippen LogP contribution in [0.25, 0.3) is 0 Å². The second kappa shape index (κ2) is 19.3. The fraction of sp³-hybridized carbons (Fsp3) is 0.641. The lowest BCUT2D eigenvalue weighted by atomic mass is 9.95. The second-order valence-corrected chi connectivity index (χ2v) is 15.7. The Balaban J connectivity index is 1.49. The molecule has 0 unspecified atom stereocenters. The van der Waals surface area contributed by atoms with Crippen molar-refractivity contribution in [1.29, 1.82) is 0 Å². The molecule has 1 aromatic heterocycles. The first-order valence-electron chi connectivity index (χ1n) is 18.6. The third-order valence-corrected chi connectivity index (χ3v) is 11.2. The highest BCUT2D eigenvalue weighted by molar-refractivity contribution is 7.09. The lowest BCUT2D eigenvalue weighted by Gasteiger charge is -2.36. The van der Waals surface area contributed by atoms with E-state index in [2.05, 4.69) is 20.5 Å². The standard InChI is InChI=1S/C39H57N5O7S/c1-24(2)32(44(6)38(48)34(28-17-18-28)42-36(47)31-16-12-9-13-19-43(31)5)22-33(51-26(4)45)37-41-30(23-52-37)35(46)40-29(20-25(3)39(49)50-7)21-27-14-10-8-11-15-27/h8,10-11,14-15,23-25,28-29,31-34H,9,12-13,16-22H2,1-7H3,(H,40,46)(H,42,47)/t25-,29+,31+,32+,33+,34-/m0/s1. The Morgan fingerprint density at radius 1 is 1.00 bits per heavy atom. The molecule has 1 saturated carbocycles. The average molecular weight is 740 g/mol. The number of hydrogen-bond donors (Lipinski definition) is 2. The van der Waals surface area contributed by atoms with Crippen molar-refractivity contribution in [2.45, 2.75) is 116 Å². The van der Waals surface area contributed by atoms with Gasteiger partial charge in [0.2, 0.25) is 11.8 Å². The molecule has 3 amide bonds. The molecule has 13 heteroatoms. The van der Waals surface area contributed by atoms with Crippen LogP contribution in [0.1, 0.15) is 106 Å². The van der Waals surface area contributed by atoms with Crippen LogP contribution in [0.2, 0.25) is 0 Å². The first kappa shape index (κ1) is 40.9. The molecule has 2 aliphatic rings. The molecular formula is C39H57N5O7S. The SMILES string of the molecule is COC(=O)[C@@H](C)C[C@H](Cc1ccccc1)NC(=O)c1csc([C@@H](C[C@H](C(C)C)N(C)C(=O)[C@@H](NC(=O)[C@H]2CCCCCN2C)C2CC2)OC(C)=O)n1. The third-order valence-electron chi connectivity index (χ3n) is 10.3. The van der Waals surface area contributed by atoms with Gasteiger partial charge in [0, 0.05) is 37.9 Å². The summed E-state index contributed by atoms with van der Waals surface area (Å²) in [7, 11) is 5.07. The molecule has 4 rings (SSSR count). The number of likely N-dealkylation sites (tertiary alicyclic amines) is 1. The fourth-order valence-electron chi connectivity index (χ4n) is 7.14. The van der Waals surface area contributed by atoms with E-state index in [9.17, 15) is 24.0 Å². The van der Waals surface area contributed by atoms with Crippen molar-refractivity contribution in [3.63, 3.8) is 0 Å². The van der Waals surface area contributed by atoms with Gasteiger partial charge in [-0.3, -0.25) is 28.9 Å². The topological polar surface area (TPSA) is 147 Å². The van der Waals surface area contributed by atoms with Crippen molar-refractivity contribution in [2.75, 3.05) is 27.7 Å². The first-order chi connectivity index (χ1) is 24.8. The molecule has 2 heterocycles. The summed E-state index contributed by atoms with van der Waals surface area (Å²) in [6.45, 7) is 7.97. The second-order valence-electron chi connectivity index (χ2n) is 14.9. The molecule has 6 atom stereocenters. The monoisotopic (exact) mass is 739 g/mol. The van der Waals surface area contributed by atoms with Crippen molar-refractivity contribution in [3.05, 3.63) is 52.0 Å². The lowest BCUT2D eigenvalue weighted by molar-refractivity contribution is -0.149. The zero-order chi connectivity index (χ0) is 37.9. The van der Waals surface area contributed by atoms with E-state index in [-0.39, 0.29) is 59.9 Å². The van der Waals surface area contributed by atoms with Gasteiger partial charge < -0.3 is 25.0 Å². The van der Waals surface area contributed by atoms with Crippen molar-refractivity contribution in [2.24, 2.45) is 17.8 Å².